The maximum atomic E-state index is 13.7. The number of hydrogen-bond donors (Lipinski definition) is 3. The lowest BCUT2D eigenvalue weighted by atomic mass is 9.84. The summed E-state index contributed by atoms with van der Waals surface area (Å²) >= 11 is 0. The molecule has 39 heavy (non-hydrogen) atoms. The molecule has 1 heterocycles. The van der Waals surface area contributed by atoms with Gasteiger partial charge in [-0.05, 0) is 62.6 Å². The van der Waals surface area contributed by atoms with Gasteiger partial charge in [-0.3, -0.25) is 4.79 Å². The number of aliphatic hydroxyl groups excluding tert-OH is 1. The third-order valence-corrected chi connectivity index (χ3v) is 9.28. The minimum atomic E-state index is -3.68. The van der Waals surface area contributed by atoms with E-state index in [0.717, 1.165) is 19.3 Å². The molecule has 1 amide bonds. The van der Waals surface area contributed by atoms with Crippen molar-refractivity contribution in [1.82, 2.24) is 5.32 Å². The first-order valence-electron chi connectivity index (χ1n) is 13.6. The van der Waals surface area contributed by atoms with Crippen molar-refractivity contribution in [2.45, 2.75) is 74.0 Å². The Labute approximate surface area is 230 Å². The Bertz CT molecular complexity index is 1240. The molecular formula is C29H38N2O7S. The van der Waals surface area contributed by atoms with E-state index in [1.54, 1.807) is 49.4 Å². The van der Waals surface area contributed by atoms with Crippen molar-refractivity contribution < 1.29 is 32.9 Å². The molecule has 212 valence electrons. The molecular weight excluding hydrogens is 520 g/mol. The van der Waals surface area contributed by atoms with Gasteiger partial charge in [0, 0.05) is 25.1 Å². The molecule has 1 aliphatic carbocycles. The van der Waals surface area contributed by atoms with E-state index in [2.05, 4.69) is 5.32 Å². The third kappa shape index (κ3) is 6.98. The number of nitrogens with zero attached hydrogens (tertiary/aromatic N) is 1. The zero-order valence-electron chi connectivity index (χ0n) is 22.3. The van der Waals surface area contributed by atoms with Gasteiger partial charge in [0.15, 0.2) is 15.4 Å². The standard InChI is InChI=1S/C29H38N2O7S/c1-22-29(17-20-39(35,36)25-9-4-2-5-10-25,27(33)30-21-28(34)15-6-3-7-16-28)31-26(38-22)23-11-13-24(14-12-23)37-19-8-18-32/h2,4-5,9-14,22,32,34H,3,6-8,15-21H2,1H3,(H,30,33)/t22-,29-/m1/s1. The van der Waals surface area contributed by atoms with Crippen molar-refractivity contribution in [1.29, 1.82) is 0 Å². The van der Waals surface area contributed by atoms with Gasteiger partial charge in [0.1, 0.15) is 11.9 Å². The van der Waals surface area contributed by atoms with Gasteiger partial charge in [-0.2, -0.15) is 0 Å². The smallest absolute Gasteiger partial charge is 0.252 e. The number of aliphatic imine (C=N–C) groups is 1. The molecule has 0 spiro atoms. The Morgan fingerprint density at radius 1 is 1.10 bits per heavy atom. The van der Waals surface area contributed by atoms with E-state index >= 15 is 0 Å². The summed E-state index contributed by atoms with van der Waals surface area (Å²) in [5.74, 6) is 0.110. The van der Waals surface area contributed by atoms with Crippen LogP contribution in [-0.2, 0) is 19.4 Å². The van der Waals surface area contributed by atoms with Crippen LogP contribution < -0.4 is 10.1 Å². The van der Waals surface area contributed by atoms with Crippen molar-refractivity contribution in [3.8, 4) is 5.75 Å². The maximum Gasteiger partial charge on any atom is 0.252 e. The fourth-order valence-corrected chi connectivity index (χ4v) is 6.46. The average molecular weight is 559 g/mol. The number of amides is 1. The molecule has 0 radical (unpaired) electrons. The first-order chi connectivity index (χ1) is 18.7. The molecule has 0 unspecified atom stereocenters. The summed E-state index contributed by atoms with van der Waals surface area (Å²) in [5.41, 5.74) is -1.84. The van der Waals surface area contributed by atoms with E-state index in [0.29, 0.717) is 37.2 Å². The number of carbonyl (C=O) groups excluding carboxylic acids is 1. The Morgan fingerprint density at radius 2 is 1.79 bits per heavy atom. The molecule has 2 atom stereocenters. The normalized spacial score (nSPS) is 22.5. The number of rotatable bonds is 12. The quantitative estimate of drug-likeness (QED) is 0.341. The van der Waals surface area contributed by atoms with E-state index in [9.17, 15) is 18.3 Å². The molecule has 0 bridgehead atoms. The molecule has 9 nitrogen and oxygen atoms in total. The summed E-state index contributed by atoms with van der Waals surface area (Å²) in [6, 6.07) is 15.2. The summed E-state index contributed by atoms with van der Waals surface area (Å²) in [6.45, 7) is 2.22. The third-order valence-electron chi connectivity index (χ3n) is 7.54. The van der Waals surface area contributed by atoms with Gasteiger partial charge < -0.3 is 25.0 Å². The van der Waals surface area contributed by atoms with Gasteiger partial charge in [0.05, 0.1) is 22.9 Å². The summed E-state index contributed by atoms with van der Waals surface area (Å²) in [7, 11) is -3.68. The molecule has 1 fully saturated rings. The fraction of sp³-hybridized carbons (Fsp3) is 0.517. The highest BCUT2D eigenvalue weighted by molar-refractivity contribution is 7.91. The van der Waals surface area contributed by atoms with Crippen LogP contribution in [0.3, 0.4) is 0 Å². The zero-order chi connectivity index (χ0) is 27.9. The van der Waals surface area contributed by atoms with Crippen LogP contribution in [0.5, 0.6) is 5.75 Å². The predicted octanol–water partition coefficient (Wildman–Crippen LogP) is 3.03. The average Bonchev–Trinajstić information content (AvgIpc) is 3.29. The number of ether oxygens (including phenoxy) is 2. The zero-order valence-corrected chi connectivity index (χ0v) is 23.2. The monoisotopic (exact) mass is 558 g/mol. The van der Waals surface area contributed by atoms with Gasteiger partial charge in [-0.25, -0.2) is 13.4 Å². The second-order valence-corrected chi connectivity index (χ2v) is 12.5. The Kier molecular flexibility index (Phi) is 9.30. The van der Waals surface area contributed by atoms with Crippen LogP contribution in [-0.4, -0.2) is 73.2 Å². The largest absolute Gasteiger partial charge is 0.494 e. The maximum absolute atomic E-state index is 13.7. The van der Waals surface area contributed by atoms with Crippen molar-refractivity contribution >= 4 is 21.6 Å². The molecule has 4 rings (SSSR count). The summed E-state index contributed by atoms with van der Waals surface area (Å²) in [5, 5.41) is 22.8. The molecule has 1 aliphatic heterocycles. The Morgan fingerprint density at radius 3 is 2.46 bits per heavy atom. The van der Waals surface area contributed by atoms with E-state index in [4.69, 9.17) is 19.6 Å². The highest BCUT2D eigenvalue weighted by Crippen LogP contribution is 2.34. The lowest BCUT2D eigenvalue weighted by Gasteiger charge is -2.34. The van der Waals surface area contributed by atoms with E-state index in [-0.39, 0.29) is 36.1 Å². The summed E-state index contributed by atoms with van der Waals surface area (Å²) in [6.07, 6.45) is 3.77. The van der Waals surface area contributed by atoms with Gasteiger partial charge >= 0.3 is 0 Å². The van der Waals surface area contributed by atoms with Crippen molar-refractivity contribution in [3.05, 3.63) is 60.2 Å². The molecule has 2 aromatic carbocycles. The van der Waals surface area contributed by atoms with Crippen molar-refractivity contribution in [2.24, 2.45) is 4.99 Å². The summed E-state index contributed by atoms with van der Waals surface area (Å²) < 4.78 is 37.9. The second-order valence-electron chi connectivity index (χ2n) is 10.4. The van der Waals surface area contributed by atoms with Crippen LogP contribution >= 0.6 is 0 Å². The van der Waals surface area contributed by atoms with Gasteiger partial charge in [0.2, 0.25) is 5.90 Å². The Hall–Kier alpha value is -2.95. The SMILES string of the molecule is C[C@H]1OC(c2ccc(OCCCO)cc2)=N[C@@]1(CCS(=O)(=O)c1ccccc1)C(=O)NCC1(O)CCCCC1. The molecule has 3 N–H and O–H groups in total. The number of benzene rings is 2. The Balaban J connectivity index is 1.58. The molecule has 0 saturated heterocycles. The number of hydrogen-bond acceptors (Lipinski definition) is 8. The van der Waals surface area contributed by atoms with Gasteiger partial charge in [0.25, 0.3) is 5.91 Å². The predicted molar refractivity (Wildman–Crippen MR) is 148 cm³/mol. The second kappa shape index (κ2) is 12.5. The molecule has 1 saturated carbocycles. The van der Waals surface area contributed by atoms with Crippen LogP contribution in [0, 0.1) is 0 Å². The van der Waals surface area contributed by atoms with E-state index in [1.165, 1.54) is 12.1 Å². The first kappa shape index (κ1) is 29.0. The van der Waals surface area contributed by atoms with E-state index in [1.807, 2.05) is 0 Å². The van der Waals surface area contributed by atoms with Crippen LogP contribution in [0.15, 0.2) is 64.5 Å². The lowest BCUT2D eigenvalue weighted by Crippen LogP contribution is -2.55. The number of sulfone groups is 1. The number of nitrogens with one attached hydrogen (secondary N) is 1. The summed E-state index contributed by atoms with van der Waals surface area (Å²) in [4.78, 5) is 18.7. The van der Waals surface area contributed by atoms with Gasteiger partial charge in [-0.15, -0.1) is 0 Å². The molecule has 2 aromatic rings. The van der Waals surface area contributed by atoms with Crippen LogP contribution in [0.1, 0.15) is 57.4 Å². The first-order valence-corrected chi connectivity index (χ1v) is 15.2. The molecule has 2 aliphatic rings. The van der Waals surface area contributed by atoms with Gasteiger partial charge in [-0.1, -0.05) is 37.5 Å². The van der Waals surface area contributed by atoms with Crippen LogP contribution in [0.2, 0.25) is 0 Å². The van der Waals surface area contributed by atoms with Crippen LogP contribution in [0.4, 0.5) is 0 Å². The minimum Gasteiger partial charge on any atom is -0.494 e. The number of aliphatic hydroxyl groups is 2. The fourth-order valence-electron chi connectivity index (χ4n) is 5.07. The highest BCUT2D eigenvalue weighted by Gasteiger charge is 2.51. The lowest BCUT2D eigenvalue weighted by molar-refractivity contribution is -0.130. The van der Waals surface area contributed by atoms with E-state index < -0.39 is 33.0 Å². The topological polar surface area (TPSA) is 135 Å². The van der Waals surface area contributed by atoms with Crippen molar-refractivity contribution in [3.63, 3.8) is 0 Å². The minimum absolute atomic E-state index is 0.0438. The molecule has 0 aromatic heterocycles. The van der Waals surface area contributed by atoms with Crippen LogP contribution in [0.25, 0.3) is 0 Å². The molecule has 10 heteroatoms. The highest BCUT2D eigenvalue weighted by atomic mass is 32.2. The number of carbonyl (C=O) groups is 1. The van der Waals surface area contributed by atoms with Crippen molar-refractivity contribution in [2.75, 3.05) is 25.5 Å².